The fourth-order valence-electron chi connectivity index (χ4n) is 2.88. The summed E-state index contributed by atoms with van der Waals surface area (Å²) in [5.41, 5.74) is 0.770. The highest BCUT2D eigenvalue weighted by molar-refractivity contribution is 9.10. The van der Waals surface area contributed by atoms with E-state index in [1.54, 1.807) is 0 Å². The molecule has 1 unspecified atom stereocenters. The Balaban J connectivity index is 1.92. The highest BCUT2D eigenvalue weighted by Gasteiger charge is 2.24. The van der Waals surface area contributed by atoms with Crippen LogP contribution < -0.4 is 0 Å². The lowest BCUT2D eigenvalue weighted by Gasteiger charge is -2.27. The van der Waals surface area contributed by atoms with Crippen molar-refractivity contribution in [2.75, 3.05) is 26.7 Å². The zero-order chi connectivity index (χ0) is 13.8. The lowest BCUT2D eigenvalue weighted by Crippen LogP contribution is -2.38. The van der Waals surface area contributed by atoms with Crippen LogP contribution in [0.25, 0.3) is 0 Å². The Kier molecular flexibility index (Phi) is 5.37. The summed E-state index contributed by atoms with van der Waals surface area (Å²) in [7, 11) is 2.08. The first-order chi connectivity index (χ1) is 9.10. The molecule has 1 saturated heterocycles. The summed E-state index contributed by atoms with van der Waals surface area (Å²) >= 11 is 3.29. The van der Waals surface area contributed by atoms with Crippen molar-refractivity contribution in [2.45, 2.75) is 32.4 Å². The van der Waals surface area contributed by atoms with E-state index in [1.807, 2.05) is 12.1 Å². The van der Waals surface area contributed by atoms with Gasteiger partial charge in [0.1, 0.15) is 5.82 Å². The summed E-state index contributed by atoms with van der Waals surface area (Å²) in [5.74, 6) is -0.125. The van der Waals surface area contributed by atoms with Gasteiger partial charge in [0.25, 0.3) is 0 Å². The van der Waals surface area contributed by atoms with Crippen molar-refractivity contribution in [1.82, 2.24) is 9.80 Å². The molecule has 1 atom stereocenters. The molecule has 1 aromatic carbocycles. The molecule has 4 heteroatoms. The molecule has 0 saturated carbocycles. The van der Waals surface area contributed by atoms with E-state index in [2.05, 4.69) is 39.7 Å². The second-order valence-electron chi connectivity index (χ2n) is 5.36. The standard InChI is InChI=1S/C15H22BrFN2/c1-3-19-8-4-5-14(19)11-18(2)10-12-6-7-13(16)9-15(12)17/h6-7,9,14H,3-5,8,10-11H2,1-2H3. The fraction of sp³-hybridized carbons (Fsp3) is 0.600. The van der Waals surface area contributed by atoms with Crippen LogP contribution in [0, 0.1) is 5.82 Å². The van der Waals surface area contributed by atoms with Crippen molar-refractivity contribution in [3.05, 3.63) is 34.1 Å². The topological polar surface area (TPSA) is 6.48 Å². The maximum Gasteiger partial charge on any atom is 0.128 e. The van der Waals surface area contributed by atoms with Gasteiger partial charge in [-0.2, -0.15) is 0 Å². The summed E-state index contributed by atoms with van der Waals surface area (Å²) < 4.78 is 14.6. The van der Waals surface area contributed by atoms with Crippen molar-refractivity contribution in [3.63, 3.8) is 0 Å². The van der Waals surface area contributed by atoms with Crippen LogP contribution in [-0.2, 0) is 6.54 Å². The van der Waals surface area contributed by atoms with E-state index in [0.717, 1.165) is 23.1 Å². The molecule has 0 radical (unpaired) electrons. The van der Waals surface area contributed by atoms with Gasteiger partial charge in [-0.25, -0.2) is 4.39 Å². The zero-order valence-corrected chi connectivity index (χ0v) is 13.3. The van der Waals surface area contributed by atoms with Crippen molar-refractivity contribution < 1.29 is 4.39 Å². The van der Waals surface area contributed by atoms with Gasteiger partial charge in [0.05, 0.1) is 0 Å². The van der Waals surface area contributed by atoms with E-state index in [9.17, 15) is 4.39 Å². The quantitative estimate of drug-likeness (QED) is 0.816. The summed E-state index contributed by atoms with van der Waals surface area (Å²) in [5, 5.41) is 0. The third kappa shape index (κ3) is 4.01. The minimum Gasteiger partial charge on any atom is -0.300 e. The lowest BCUT2D eigenvalue weighted by molar-refractivity contribution is 0.193. The van der Waals surface area contributed by atoms with Gasteiger partial charge in [-0.05, 0) is 45.1 Å². The highest BCUT2D eigenvalue weighted by atomic mass is 79.9. The average Bonchev–Trinajstić information content (AvgIpc) is 2.80. The Labute approximate surface area is 123 Å². The molecule has 106 valence electrons. The number of nitrogens with zero attached hydrogens (tertiary/aromatic N) is 2. The second kappa shape index (κ2) is 6.82. The smallest absolute Gasteiger partial charge is 0.128 e. The van der Waals surface area contributed by atoms with E-state index in [4.69, 9.17) is 0 Å². The van der Waals surface area contributed by atoms with Gasteiger partial charge in [0.15, 0.2) is 0 Å². The molecule has 1 fully saturated rings. The summed E-state index contributed by atoms with van der Waals surface area (Å²) in [6, 6.07) is 5.94. The van der Waals surface area contributed by atoms with E-state index in [0.29, 0.717) is 12.6 Å². The Hall–Kier alpha value is -0.450. The molecule has 0 aliphatic carbocycles. The normalized spacial score (nSPS) is 20.4. The van der Waals surface area contributed by atoms with Gasteiger partial charge in [0, 0.05) is 29.2 Å². The molecule has 1 heterocycles. The first-order valence-corrected chi connectivity index (χ1v) is 7.76. The maximum absolute atomic E-state index is 13.8. The Bertz CT molecular complexity index is 425. The summed E-state index contributed by atoms with van der Waals surface area (Å²) in [6.07, 6.45) is 2.56. The number of hydrogen-bond acceptors (Lipinski definition) is 2. The molecule has 0 bridgehead atoms. The van der Waals surface area contributed by atoms with Gasteiger partial charge >= 0.3 is 0 Å². The van der Waals surface area contributed by atoms with Crippen LogP contribution in [0.3, 0.4) is 0 Å². The van der Waals surface area contributed by atoms with Crippen LogP contribution in [0.2, 0.25) is 0 Å². The molecule has 2 nitrogen and oxygen atoms in total. The van der Waals surface area contributed by atoms with Crippen LogP contribution in [0.4, 0.5) is 4.39 Å². The number of likely N-dealkylation sites (tertiary alicyclic amines) is 1. The SMILES string of the molecule is CCN1CCCC1CN(C)Cc1ccc(Br)cc1F. The second-order valence-corrected chi connectivity index (χ2v) is 6.27. The molecule has 19 heavy (non-hydrogen) atoms. The molecule has 1 aliphatic rings. The van der Waals surface area contributed by atoms with E-state index >= 15 is 0 Å². The number of halogens is 2. The Morgan fingerprint density at radius 3 is 2.95 bits per heavy atom. The van der Waals surface area contributed by atoms with Crippen LogP contribution in [0.15, 0.2) is 22.7 Å². The number of benzene rings is 1. The van der Waals surface area contributed by atoms with E-state index in [1.165, 1.54) is 25.5 Å². The first kappa shape index (κ1) is 14.9. The maximum atomic E-state index is 13.8. The molecule has 2 rings (SSSR count). The molecule has 0 spiro atoms. The monoisotopic (exact) mass is 328 g/mol. The van der Waals surface area contributed by atoms with Crippen molar-refractivity contribution in [1.29, 1.82) is 0 Å². The summed E-state index contributed by atoms with van der Waals surface area (Å²) in [6.45, 7) is 6.23. The minimum absolute atomic E-state index is 0.125. The molecular formula is C15H22BrFN2. The largest absolute Gasteiger partial charge is 0.300 e. The van der Waals surface area contributed by atoms with Crippen LogP contribution in [-0.4, -0.2) is 42.5 Å². The molecule has 0 aromatic heterocycles. The predicted molar refractivity (Wildman–Crippen MR) is 80.7 cm³/mol. The predicted octanol–water partition coefficient (Wildman–Crippen LogP) is 3.50. The molecular weight excluding hydrogens is 307 g/mol. The van der Waals surface area contributed by atoms with Gasteiger partial charge in [-0.1, -0.05) is 28.9 Å². The molecule has 1 aromatic rings. The summed E-state index contributed by atoms with van der Waals surface area (Å²) in [4.78, 5) is 4.75. The fourth-order valence-corrected chi connectivity index (χ4v) is 3.22. The van der Waals surface area contributed by atoms with Gasteiger partial charge in [0.2, 0.25) is 0 Å². The number of likely N-dealkylation sites (N-methyl/N-ethyl adjacent to an activating group) is 2. The number of rotatable bonds is 5. The zero-order valence-electron chi connectivity index (χ0n) is 11.7. The van der Waals surface area contributed by atoms with Crippen molar-refractivity contribution >= 4 is 15.9 Å². The van der Waals surface area contributed by atoms with Crippen molar-refractivity contribution in [3.8, 4) is 0 Å². The first-order valence-electron chi connectivity index (χ1n) is 6.96. The number of hydrogen-bond donors (Lipinski definition) is 0. The van der Waals surface area contributed by atoms with Crippen LogP contribution in [0.5, 0.6) is 0 Å². The van der Waals surface area contributed by atoms with Gasteiger partial charge < -0.3 is 4.90 Å². The van der Waals surface area contributed by atoms with E-state index < -0.39 is 0 Å². The third-order valence-electron chi connectivity index (χ3n) is 3.88. The van der Waals surface area contributed by atoms with Gasteiger partial charge in [-0.15, -0.1) is 0 Å². The Morgan fingerprint density at radius 2 is 2.26 bits per heavy atom. The van der Waals surface area contributed by atoms with Crippen molar-refractivity contribution in [2.24, 2.45) is 0 Å². The molecule has 1 aliphatic heterocycles. The lowest BCUT2D eigenvalue weighted by atomic mass is 10.1. The third-order valence-corrected chi connectivity index (χ3v) is 4.38. The van der Waals surface area contributed by atoms with Crippen LogP contribution >= 0.6 is 15.9 Å². The highest BCUT2D eigenvalue weighted by Crippen LogP contribution is 2.20. The van der Waals surface area contributed by atoms with Gasteiger partial charge in [-0.3, -0.25) is 4.90 Å². The molecule has 0 N–H and O–H groups in total. The van der Waals surface area contributed by atoms with Crippen LogP contribution in [0.1, 0.15) is 25.3 Å². The molecule has 0 amide bonds. The average molecular weight is 329 g/mol. The Morgan fingerprint density at radius 1 is 1.47 bits per heavy atom. The minimum atomic E-state index is -0.125. The van der Waals surface area contributed by atoms with E-state index in [-0.39, 0.29) is 5.82 Å².